The second kappa shape index (κ2) is 5.15. The Morgan fingerprint density at radius 1 is 1.25 bits per heavy atom. The number of fused-ring (bicyclic) bond motifs is 1. The van der Waals surface area contributed by atoms with Crippen LogP contribution >= 0.6 is 0 Å². The molecule has 1 aromatic carbocycles. The van der Waals surface area contributed by atoms with Crippen LogP contribution < -0.4 is 4.74 Å². The smallest absolute Gasteiger partial charge is 0.326 e. The lowest BCUT2D eigenvalue weighted by Gasteiger charge is -2.30. The third-order valence-electron chi connectivity index (χ3n) is 4.08. The molecule has 5 nitrogen and oxygen atoms in total. The van der Waals surface area contributed by atoms with E-state index in [1.165, 1.54) is 4.90 Å². The summed E-state index contributed by atoms with van der Waals surface area (Å²) in [5.74, 6) is -0.523. The molecule has 1 aromatic rings. The third-order valence-corrected chi connectivity index (χ3v) is 4.08. The molecule has 0 radical (unpaired) electrons. The highest BCUT2D eigenvalue weighted by atomic mass is 16.5. The molecule has 1 amide bonds. The van der Waals surface area contributed by atoms with E-state index in [9.17, 15) is 14.7 Å². The van der Waals surface area contributed by atoms with Gasteiger partial charge in [-0.3, -0.25) is 4.79 Å². The van der Waals surface area contributed by atoms with Crippen LogP contribution in [0.25, 0.3) is 0 Å². The number of para-hydroxylation sites is 1. The van der Waals surface area contributed by atoms with Gasteiger partial charge in [0.2, 0.25) is 5.91 Å². The maximum Gasteiger partial charge on any atom is 0.326 e. The fourth-order valence-electron chi connectivity index (χ4n) is 3.09. The average Bonchev–Trinajstić information content (AvgIpc) is 2.95. The molecule has 0 spiro atoms. The summed E-state index contributed by atoms with van der Waals surface area (Å²) in [6, 6.07) is 6.84. The Labute approximate surface area is 117 Å². The minimum absolute atomic E-state index is 0.0781. The summed E-state index contributed by atoms with van der Waals surface area (Å²) in [5.41, 5.74) is 0.875. The topological polar surface area (TPSA) is 66.8 Å². The quantitative estimate of drug-likeness (QED) is 0.890. The molecule has 1 fully saturated rings. The van der Waals surface area contributed by atoms with Gasteiger partial charge in [0.05, 0.1) is 12.5 Å². The first kappa shape index (κ1) is 13.0. The van der Waals surface area contributed by atoms with Crippen LogP contribution in [0, 0.1) is 0 Å². The predicted octanol–water partition coefficient (Wildman–Crippen LogP) is 1.63. The molecular weight excluding hydrogens is 258 g/mol. The minimum atomic E-state index is -0.906. The molecule has 1 N–H and O–H groups in total. The van der Waals surface area contributed by atoms with Gasteiger partial charge in [-0.1, -0.05) is 18.2 Å². The van der Waals surface area contributed by atoms with Gasteiger partial charge in [0.15, 0.2) is 0 Å². The van der Waals surface area contributed by atoms with Crippen LogP contribution in [-0.2, 0) is 9.59 Å². The van der Waals surface area contributed by atoms with Gasteiger partial charge in [0.1, 0.15) is 11.8 Å². The Kier molecular flexibility index (Phi) is 3.34. The Balaban J connectivity index is 1.87. The summed E-state index contributed by atoms with van der Waals surface area (Å²) in [7, 11) is 0. The molecule has 2 aliphatic rings. The van der Waals surface area contributed by atoms with Gasteiger partial charge in [0.25, 0.3) is 0 Å². The first-order valence-electron chi connectivity index (χ1n) is 6.93. The number of nitrogens with zero attached hydrogens (tertiary/aromatic N) is 1. The summed E-state index contributed by atoms with van der Waals surface area (Å²) < 4.78 is 5.55. The summed E-state index contributed by atoms with van der Waals surface area (Å²) in [5, 5.41) is 9.21. The molecule has 20 heavy (non-hydrogen) atoms. The SMILES string of the molecule is O=C(O)[C@@H]1CCCN1C(=O)C1CCOc2ccccc21. The molecule has 0 bridgehead atoms. The van der Waals surface area contributed by atoms with Crippen LogP contribution in [0.15, 0.2) is 24.3 Å². The fraction of sp³-hybridized carbons (Fsp3) is 0.467. The second-order valence-electron chi connectivity index (χ2n) is 5.26. The number of hydrogen-bond acceptors (Lipinski definition) is 3. The maximum absolute atomic E-state index is 12.7. The predicted molar refractivity (Wildman–Crippen MR) is 71.7 cm³/mol. The van der Waals surface area contributed by atoms with Crippen molar-refractivity contribution in [3.8, 4) is 5.75 Å². The van der Waals surface area contributed by atoms with Crippen LogP contribution in [0.5, 0.6) is 5.75 Å². The highest BCUT2D eigenvalue weighted by molar-refractivity contribution is 5.89. The van der Waals surface area contributed by atoms with Crippen molar-refractivity contribution in [2.24, 2.45) is 0 Å². The zero-order chi connectivity index (χ0) is 14.1. The van der Waals surface area contributed by atoms with Gasteiger partial charge < -0.3 is 14.7 Å². The van der Waals surface area contributed by atoms with Gasteiger partial charge in [-0.05, 0) is 25.3 Å². The monoisotopic (exact) mass is 275 g/mol. The summed E-state index contributed by atoms with van der Waals surface area (Å²) in [4.78, 5) is 25.4. The zero-order valence-corrected chi connectivity index (χ0v) is 11.1. The lowest BCUT2D eigenvalue weighted by Crippen LogP contribution is -2.43. The first-order valence-corrected chi connectivity index (χ1v) is 6.93. The van der Waals surface area contributed by atoms with Crippen molar-refractivity contribution >= 4 is 11.9 Å². The van der Waals surface area contributed by atoms with Crippen LogP contribution in [0.4, 0.5) is 0 Å². The van der Waals surface area contributed by atoms with E-state index in [-0.39, 0.29) is 11.8 Å². The van der Waals surface area contributed by atoms with Gasteiger partial charge in [-0.2, -0.15) is 0 Å². The van der Waals surface area contributed by atoms with E-state index >= 15 is 0 Å². The van der Waals surface area contributed by atoms with E-state index < -0.39 is 12.0 Å². The zero-order valence-electron chi connectivity index (χ0n) is 11.1. The maximum atomic E-state index is 12.7. The summed E-state index contributed by atoms with van der Waals surface area (Å²) in [6.07, 6.45) is 1.91. The molecule has 0 aromatic heterocycles. The van der Waals surface area contributed by atoms with Crippen molar-refractivity contribution in [1.82, 2.24) is 4.90 Å². The van der Waals surface area contributed by atoms with Crippen molar-refractivity contribution in [2.75, 3.05) is 13.2 Å². The third kappa shape index (κ3) is 2.13. The standard InChI is InChI=1S/C15H17NO4/c17-14(16-8-3-5-12(16)15(18)19)11-7-9-20-13-6-2-1-4-10(11)13/h1-2,4,6,11-12H,3,5,7-9H2,(H,18,19)/t11?,12-/m0/s1. The first-order chi connectivity index (χ1) is 9.68. The van der Waals surface area contributed by atoms with E-state index in [2.05, 4.69) is 0 Å². The average molecular weight is 275 g/mol. The van der Waals surface area contributed by atoms with E-state index in [1.54, 1.807) is 0 Å². The number of carbonyl (C=O) groups excluding carboxylic acids is 1. The summed E-state index contributed by atoms with van der Waals surface area (Å²) >= 11 is 0. The van der Waals surface area contributed by atoms with Crippen molar-refractivity contribution in [1.29, 1.82) is 0 Å². The number of amides is 1. The Morgan fingerprint density at radius 3 is 2.85 bits per heavy atom. The normalized spacial score (nSPS) is 24.9. The number of aliphatic carboxylic acids is 1. The van der Waals surface area contributed by atoms with Crippen LogP contribution in [0.2, 0.25) is 0 Å². The molecule has 106 valence electrons. The number of carbonyl (C=O) groups is 2. The number of likely N-dealkylation sites (tertiary alicyclic amines) is 1. The number of carboxylic acids is 1. The minimum Gasteiger partial charge on any atom is -0.493 e. The number of rotatable bonds is 2. The number of ether oxygens (including phenoxy) is 1. The van der Waals surface area contributed by atoms with E-state index in [0.29, 0.717) is 26.0 Å². The van der Waals surface area contributed by atoms with E-state index in [0.717, 1.165) is 17.7 Å². The molecule has 2 aliphatic heterocycles. The fourth-order valence-corrected chi connectivity index (χ4v) is 3.09. The van der Waals surface area contributed by atoms with Crippen molar-refractivity contribution < 1.29 is 19.4 Å². The van der Waals surface area contributed by atoms with E-state index in [4.69, 9.17) is 4.74 Å². The van der Waals surface area contributed by atoms with Gasteiger partial charge in [0, 0.05) is 12.1 Å². The highest BCUT2D eigenvalue weighted by Crippen LogP contribution is 2.36. The molecule has 1 unspecified atom stereocenters. The second-order valence-corrected chi connectivity index (χ2v) is 5.26. The lowest BCUT2D eigenvalue weighted by atomic mass is 9.91. The number of hydrogen-bond donors (Lipinski definition) is 1. The molecule has 2 heterocycles. The van der Waals surface area contributed by atoms with Crippen LogP contribution in [0.1, 0.15) is 30.7 Å². The van der Waals surface area contributed by atoms with Gasteiger partial charge in [-0.25, -0.2) is 4.79 Å². The van der Waals surface area contributed by atoms with Gasteiger partial charge >= 0.3 is 5.97 Å². The van der Waals surface area contributed by atoms with Gasteiger partial charge in [-0.15, -0.1) is 0 Å². The summed E-state index contributed by atoms with van der Waals surface area (Å²) in [6.45, 7) is 1.04. The number of benzene rings is 1. The Bertz CT molecular complexity index is 542. The van der Waals surface area contributed by atoms with Crippen molar-refractivity contribution in [2.45, 2.75) is 31.2 Å². The molecule has 3 rings (SSSR count). The van der Waals surface area contributed by atoms with Crippen molar-refractivity contribution in [3.63, 3.8) is 0 Å². The Hall–Kier alpha value is -2.04. The van der Waals surface area contributed by atoms with Crippen LogP contribution in [0.3, 0.4) is 0 Å². The van der Waals surface area contributed by atoms with Crippen LogP contribution in [-0.4, -0.2) is 41.1 Å². The largest absolute Gasteiger partial charge is 0.493 e. The van der Waals surface area contributed by atoms with Crippen molar-refractivity contribution in [3.05, 3.63) is 29.8 Å². The molecular formula is C15H17NO4. The molecule has 2 atom stereocenters. The highest BCUT2D eigenvalue weighted by Gasteiger charge is 2.39. The van der Waals surface area contributed by atoms with E-state index in [1.807, 2.05) is 24.3 Å². The molecule has 1 saturated heterocycles. The molecule has 0 saturated carbocycles. The number of carboxylic acid groups (broad SMARTS) is 1. The molecule has 0 aliphatic carbocycles. The Morgan fingerprint density at radius 2 is 2.05 bits per heavy atom. The molecule has 5 heteroatoms. The lowest BCUT2D eigenvalue weighted by molar-refractivity contribution is -0.149.